The number of amides is 2. The molecule has 6 rings (SSSR count). The molecule has 0 saturated carbocycles. The van der Waals surface area contributed by atoms with Crippen LogP contribution in [0.3, 0.4) is 0 Å². The Labute approximate surface area is 311 Å². The van der Waals surface area contributed by atoms with E-state index in [-0.39, 0.29) is 38.0 Å². The highest BCUT2D eigenvalue weighted by atomic mass is 31.2. The number of benzene rings is 3. The van der Waals surface area contributed by atoms with Crippen LogP contribution in [0.1, 0.15) is 83.4 Å². The molecule has 2 aliphatic rings. The van der Waals surface area contributed by atoms with Gasteiger partial charge in [-0.1, -0.05) is 99.5 Å². The zero-order chi connectivity index (χ0) is 38.8. The predicted octanol–water partition coefficient (Wildman–Crippen LogP) is 6.90. The van der Waals surface area contributed by atoms with Gasteiger partial charge < -0.3 is 14.7 Å². The van der Waals surface area contributed by atoms with Crippen LogP contribution in [-0.4, -0.2) is 61.1 Å². The fraction of sp³-hybridized carbons (Fsp3) is 0.317. The van der Waals surface area contributed by atoms with Gasteiger partial charge in [-0.15, -0.1) is 0 Å². The molecule has 0 fully saturated rings. The summed E-state index contributed by atoms with van der Waals surface area (Å²) in [6.45, 7) is 3.00. The van der Waals surface area contributed by atoms with E-state index in [9.17, 15) is 43.3 Å². The minimum Gasteiger partial charge on any atom is -0.480 e. The van der Waals surface area contributed by atoms with E-state index in [1.807, 2.05) is 6.07 Å². The first kappa shape index (κ1) is 38.3. The highest BCUT2D eigenvalue weighted by molar-refractivity contribution is 7.76. The monoisotopic (exact) mass is 752 g/mol. The molecule has 13 heteroatoms. The molecule has 3 aromatic carbocycles. The van der Waals surface area contributed by atoms with Gasteiger partial charge in [-0.2, -0.15) is 0 Å². The van der Waals surface area contributed by atoms with E-state index in [1.165, 1.54) is 6.20 Å². The number of rotatable bonds is 15. The lowest BCUT2D eigenvalue weighted by Crippen LogP contribution is -2.51. The van der Waals surface area contributed by atoms with Crippen molar-refractivity contribution in [2.75, 3.05) is 6.54 Å². The zero-order valence-corrected chi connectivity index (χ0v) is 30.9. The number of imide groups is 1. The predicted molar refractivity (Wildman–Crippen MR) is 201 cm³/mol. The van der Waals surface area contributed by atoms with Gasteiger partial charge in [0.15, 0.2) is 5.41 Å². The normalized spacial score (nSPS) is 16.2. The second-order valence-electron chi connectivity index (χ2n) is 14.2. The van der Waals surface area contributed by atoms with Gasteiger partial charge in [0.05, 0.1) is 16.8 Å². The first-order chi connectivity index (χ1) is 25.8. The van der Waals surface area contributed by atoms with Crippen molar-refractivity contribution in [2.45, 2.75) is 64.6 Å². The Bertz CT molecular complexity index is 2260. The van der Waals surface area contributed by atoms with Crippen molar-refractivity contribution in [2.24, 2.45) is 11.3 Å². The Morgan fingerprint density at radius 3 is 2.20 bits per heavy atom. The van der Waals surface area contributed by atoms with E-state index in [4.69, 9.17) is 4.74 Å². The lowest BCUT2D eigenvalue weighted by molar-refractivity contribution is -0.172. The van der Waals surface area contributed by atoms with Crippen LogP contribution < -0.4 is 5.56 Å². The molecule has 54 heavy (non-hydrogen) atoms. The van der Waals surface area contributed by atoms with Gasteiger partial charge in [0.25, 0.3) is 24.7 Å². The fourth-order valence-corrected chi connectivity index (χ4v) is 9.84. The molecule has 4 aromatic rings. The van der Waals surface area contributed by atoms with Crippen molar-refractivity contribution < 1.29 is 43.3 Å². The first-order valence-electron chi connectivity index (χ1n) is 17.9. The molecule has 1 aromatic heterocycles. The summed E-state index contributed by atoms with van der Waals surface area (Å²) in [5, 5.41) is 12.0. The average Bonchev–Trinajstić information content (AvgIpc) is 3.40. The van der Waals surface area contributed by atoms with E-state index in [0.717, 1.165) is 10.5 Å². The molecule has 1 aliphatic heterocycles. The Morgan fingerprint density at radius 1 is 0.889 bits per heavy atom. The van der Waals surface area contributed by atoms with Crippen LogP contribution in [0, 0.1) is 11.3 Å². The van der Waals surface area contributed by atoms with Gasteiger partial charge in [-0.25, -0.2) is 4.57 Å². The number of hydrogen-bond acceptors (Lipinski definition) is 8. The second-order valence-corrected chi connectivity index (χ2v) is 16.5. The quantitative estimate of drug-likeness (QED) is 0.0427. The highest BCUT2D eigenvalue weighted by Gasteiger charge is 2.62. The summed E-state index contributed by atoms with van der Waals surface area (Å²) in [7, 11) is -5.45. The van der Waals surface area contributed by atoms with E-state index in [2.05, 4.69) is 0 Å². The SMILES string of the molecule is CC(C)CC(C(=O)O)(C(=O)OCc1ccccc1)C(CCCCCN1C(=O)c2ccccc2C1=O)P(=O)(O)C(=O)n1cc2cccc3c2c(c1=O)C=CC3. The van der Waals surface area contributed by atoms with Gasteiger partial charge in [0.2, 0.25) is 0 Å². The lowest BCUT2D eigenvalue weighted by atomic mass is 9.75. The van der Waals surface area contributed by atoms with E-state index < -0.39 is 72.2 Å². The average molecular weight is 753 g/mol. The van der Waals surface area contributed by atoms with Crippen molar-refractivity contribution in [3.8, 4) is 0 Å². The zero-order valence-electron chi connectivity index (χ0n) is 30.0. The Hall–Kier alpha value is -5.45. The third kappa shape index (κ3) is 6.99. The van der Waals surface area contributed by atoms with E-state index >= 15 is 0 Å². The topological polar surface area (TPSA) is 177 Å². The van der Waals surface area contributed by atoms with Crippen molar-refractivity contribution >= 4 is 53.6 Å². The number of esters is 1. The molecular weight excluding hydrogens is 711 g/mol. The summed E-state index contributed by atoms with van der Waals surface area (Å²) < 4.78 is 21.0. The number of allylic oxidation sites excluding steroid dienone is 1. The smallest absolute Gasteiger partial charge is 0.324 e. The summed E-state index contributed by atoms with van der Waals surface area (Å²) in [6.07, 6.45) is 4.72. The van der Waals surface area contributed by atoms with Crippen LogP contribution in [0.2, 0.25) is 0 Å². The van der Waals surface area contributed by atoms with Gasteiger partial charge >= 0.3 is 17.6 Å². The van der Waals surface area contributed by atoms with Gasteiger partial charge in [-0.05, 0) is 65.6 Å². The van der Waals surface area contributed by atoms with Crippen LogP contribution in [-0.2, 0) is 31.9 Å². The fourth-order valence-electron chi connectivity index (χ4n) is 7.66. The molecule has 2 amide bonds. The number of carboxylic acids is 1. The summed E-state index contributed by atoms with van der Waals surface area (Å²) in [5.74, 6) is -4.42. The number of carbonyl (C=O) groups is 5. The number of pyridine rings is 1. The molecule has 2 heterocycles. The maximum Gasteiger partial charge on any atom is 0.324 e. The van der Waals surface area contributed by atoms with Crippen molar-refractivity contribution in [3.05, 3.63) is 123 Å². The maximum absolute atomic E-state index is 14.8. The van der Waals surface area contributed by atoms with Gasteiger partial charge in [-0.3, -0.25) is 38.2 Å². The molecule has 2 N–H and O–H groups in total. The summed E-state index contributed by atoms with van der Waals surface area (Å²) >= 11 is 0. The molecule has 0 bridgehead atoms. The highest BCUT2D eigenvalue weighted by Crippen LogP contribution is 2.59. The number of fused-ring (bicyclic) bond motifs is 1. The molecule has 1 aliphatic carbocycles. The number of hydrogen-bond donors (Lipinski definition) is 2. The Morgan fingerprint density at radius 2 is 1.56 bits per heavy atom. The Balaban J connectivity index is 1.35. The molecule has 0 spiro atoms. The molecule has 3 unspecified atom stereocenters. The first-order valence-corrected chi connectivity index (χ1v) is 19.6. The number of ether oxygens (including phenoxy) is 1. The van der Waals surface area contributed by atoms with Crippen molar-refractivity contribution in [1.29, 1.82) is 0 Å². The molecule has 3 atom stereocenters. The number of carboxylic acid groups (broad SMARTS) is 1. The molecule has 0 saturated heterocycles. The third-order valence-electron chi connectivity index (χ3n) is 10.2. The molecule has 280 valence electrons. The van der Waals surface area contributed by atoms with Gasteiger partial charge in [0, 0.05) is 18.3 Å². The molecular formula is C41H41N2O10P. The van der Waals surface area contributed by atoms with Crippen LogP contribution in [0.5, 0.6) is 0 Å². The van der Waals surface area contributed by atoms with Crippen LogP contribution in [0.25, 0.3) is 16.8 Å². The summed E-state index contributed by atoms with van der Waals surface area (Å²) in [6, 6.07) is 20.2. The molecule has 12 nitrogen and oxygen atoms in total. The van der Waals surface area contributed by atoms with Crippen LogP contribution >= 0.6 is 7.37 Å². The number of carbonyl (C=O) groups excluding carboxylic acids is 4. The summed E-state index contributed by atoms with van der Waals surface area (Å²) in [4.78, 5) is 94.7. The van der Waals surface area contributed by atoms with Crippen molar-refractivity contribution in [1.82, 2.24) is 9.47 Å². The number of aliphatic carboxylic acids is 1. The number of aromatic nitrogens is 1. The standard InChI is InChI=1S/C41H41N2O10P/c1-26(2)23-41(38(47)48,39(49)53-25-27-13-5-3-6-14-27)33(21-7-4-10-22-42-35(44)30-18-8-9-19-31(30)36(42)45)54(51,52)40(50)43-24-29-17-11-15-28-16-12-20-32(34(28)29)37(43)46/h3,5-6,8-9,11-15,17-20,24,26,33H,4,7,10,16,21-23,25H2,1-2H3,(H,47,48)(H,51,52). The Kier molecular flexibility index (Phi) is 11.0. The maximum atomic E-state index is 14.8. The van der Waals surface area contributed by atoms with Gasteiger partial charge in [0.1, 0.15) is 6.61 Å². The minimum atomic E-state index is -5.45. The lowest BCUT2D eigenvalue weighted by Gasteiger charge is -2.38. The van der Waals surface area contributed by atoms with E-state index in [1.54, 1.807) is 92.7 Å². The summed E-state index contributed by atoms with van der Waals surface area (Å²) in [5.41, 5.74) is -4.92. The molecule has 0 radical (unpaired) electrons. The number of nitrogens with zero attached hydrogens (tertiary/aromatic N) is 2. The minimum absolute atomic E-state index is 0.0344. The third-order valence-corrected chi connectivity index (χ3v) is 12.5. The number of unbranched alkanes of at least 4 members (excludes halogenated alkanes) is 2. The second kappa shape index (κ2) is 15.5. The largest absolute Gasteiger partial charge is 0.480 e. The van der Waals surface area contributed by atoms with E-state index in [0.29, 0.717) is 38.5 Å². The van der Waals surface area contributed by atoms with Crippen LogP contribution in [0.4, 0.5) is 4.79 Å². The van der Waals surface area contributed by atoms with Crippen molar-refractivity contribution in [3.63, 3.8) is 0 Å². The van der Waals surface area contributed by atoms with Crippen LogP contribution in [0.15, 0.2) is 89.9 Å².